The van der Waals surface area contributed by atoms with Gasteiger partial charge in [0.05, 0.1) is 5.76 Å². The van der Waals surface area contributed by atoms with Crippen LogP contribution in [0.5, 0.6) is 0 Å². The van der Waals surface area contributed by atoms with E-state index in [9.17, 15) is 9.90 Å². The molecule has 0 unspecified atom stereocenters. The van der Waals surface area contributed by atoms with E-state index in [1.165, 1.54) is 57.5 Å². The molecule has 0 atom stereocenters. The molecule has 0 fully saturated rings. The van der Waals surface area contributed by atoms with E-state index in [2.05, 4.69) is 89.2 Å². The van der Waals surface area contributed by atoms with E-state index in [1.807, 2.05) is 56.6 Å². The minimum atomic E-state index is 0. The number of ketones is 1. The van der Waals surface area contributed by atoms with Crippen molar-refractivity contribution < 1.29 is 30.0 Å². The molecule has 0 spiro atoms. The van der Waals surface area contributed by atoms with E-state index >= 15 is 0 Å². The Morgan fingerprint density at radius 3 is 2.04 bits per heavy atom. The van der Waals surface area contributed by atoms with Crippen LogP contribution in [0, 0.1) is 37.2 Å². The number of aliphatic hydroxyl groups is 1. The number of hydrogen-bond acceptors (Lipinski definition) is 5. The Bertz CT molecular complexity index is 2090. The molecule has 3 aromatic carbocycles. The summed E-state index contributed by atoms with van der Waals surface area (Å²) in [5.41, 5.74) is 6.25. The van der Waals surface area contributed by atoms with Gasteiger partial charge < -0.3 is 10.1 Å². The molecule has 0 saturated heterocycles. The minimum Gasteiger partial charge on any atom is -0.512 e. The minimum absolute atomic E-state index is 0. The first-order valence-corrected chi connectivity index (χ1v) is 19.1. The average molecular weight is 869 g/mol. The van der Waals surface area contributed by atoms with Crippen molar-refractivity contribution in [3.63, 3.8) is 0 Å². The van der Waals surface area contributed by atoms with Gasteiger partial charge in [-0.15, -0.1) is 57.6 Å². The van der Waals surface area contributed by atoms with Gasteiger partial charge in [-0.2, -0.15) is 0 Å². The molecule has 0 aliphatic heterocycles. The Labute approximate surface area is 314 Å². The van der Waals surface area contributed by atoms with E-state index in [4.69, 9.17) is 4.98 Å². The van der Waals surface area contributed by atoms with Crippen molar-refractivity contribution in [2.75, 3.05) is 0 Å². The maximum absolute atomic E-state index is 11.7. The summed E-state index contributed by atoms with van der Waals surface area (Å²) in [5, 5.41) is 15.1. The molecule has 0 aliphatic carbocycles. The predicted molar refractivity (Wildman–Crippen MR) is 211 cm³/mol. The molecule has 261 valence electrons. The largest absolute Gasteiger partial charge is 0.512 e. The van der Waals surface area contributed by atoms with Crippen molar-refractivity contribution in [2.45, 2.75) is 94.4 Å². The molecule has 3 nitrogen and oxygen atoms in total. The number of benzene rings is 3. The van der Waals surface area contributed by atoms with Gasteiger partial charge >= 0.3 is 0 Å². The second kappa shape index (κ2) is 16.4. The van der Waals surface area contributed by atoms with Crippen LogP contribution >= 0.6 is 22.7 Å². The number of aliphatic hydroxyl groups excluding tert-OH is 1. The summed E-state index contributed by atoms with van der Waals surface area (Å²) in [5.74, 6) is 0.547. The summed E-state index contributed by atoms with van der Waals surface area (Å²) in [7, 11) is 0. The summed E-state index contributed by atoms with van der Waals surface area (Å²) in [6.45, 7) is 19.2. The second-order valence-corrected chi connectivity index (χ2v) is 16.5. The van der Waals surface area contributed by atoms with Crippen molar-refractivity contribution in [3.8, 4) is 11.3 Å². The number of carbonyl (C=O) groups is 1. The Hall–Kier alpha value is -2.89. The van der Waals surface area contributed by atoms with Crippen LogP contribution in [-0.2, 0) is 31.3 Å². The van der Waals surface area contributed by atoms with Gasteiger partial charge in [0.25, 0.3) is 0 Å². The van der Waals surface area contributed by atoms with Crippen LogP contribution in [0.1, 0.15) is 90.8 Å². The first kappa shape index (κ1) is 38.9. The van der Waals surface area contributed by atoms with Crippen molar-refractivity contribution in [3.05, 3.63) is 89.3 Å². The topological polar surface area (TPSA) is 50.2 Å². The number of aryl methyl sites for hydroxylation is 2. The second-order valence-electron chi connectivity index (χ2n) is 14.4. The number of thiophene rings is 2. The van der Waals surface area contributed by atoms with Gasteiger partial charge in [-0.3, -0.25) is 4.79 Å². The van der Waals surface area contributed by atoms with Crippen LogP contribution in [0.3, 0.4) is 0 Å². The third-order valence-electron chi connectivity index (χ3n) is 9.26. The fraction of sp³-hybridized carbons (Fsp3) is 0.395. The van der Waals surface area contributed by atoms with Gasteiger partial charge in [-0.25, -0.2) is 0 Å². The molecule has 0 bridgehead atoms. The zero-order chi connectivity index (χ0) is 34.7. The molecule has 6 heteroatoms. The number of allylic oxidation sites excluding steroid dienone is 2. The number of fused-ring (bicyclic) bond motifs is 6. The molecule has 1 radical (unpaired) electrons. The van der Waals surface area contributed by atoms with Crippen LogP contribution in [-0.4, -0.2) is 15.9 Å². The van der Waals surface area contributed by atoms with E-state index < -0.39 is 0 Å². The number of hydrogen-bond donors (Lipinski definition) is 1. The molecule has 3 heterocycles. The van der Waals surface area contributed by atoms with E-state index in [1.54, 1.807) is 0 Å². The van der Waals surface area contributed by atoms with Gasteiger partial charge in [0.15, 0.2) is 5.78 Å². The Kier molecular flexibility index (Phi) is 13.0. The number of rotatable bonds is 9. The van der Waals surface area contributed by atoms with Gasteiger partial charge in [0.2, 0.25) is 0 Å². The summed E-state index contributed by atoms with van der Waals surface area (Å²) in [4.78, 5) is 16.5. The summed E-state index contributed by atoms with van der Waals surface area (Å²) >= 11 is 3.77. The van der Waals surface area contributed by atoms with Crippen molar-refractivity contribution in [2.24, 2.45) is 17.3 Å². The van der Waals surface area contributed by atoms with Gasteiger partial charge in [0, 0.05) is 84.9 Å². The quantitative estimate of drug-likeness (QED) is 0.0895. The van der Waals surface area contributed by atoms with E-state index in [0.717, 1.165) is 48.9 Å². The van der Waals surface area contributed by atoms with Crippen molar-refractivity contribution in [1.82, 2.24) is 4.98 Å². The first-order chi connectivity index (χ1) is 22.8. The molecular weight excluding hydrogens is 819 g/mol. The number of carbonyl (C=O) groups excluding carboxylic acids is 1. The number of nitrogens with zero attached hydrogens (tertiary/aromatic N) is 1. The Morgan fingerprint density at radius 1 is 0.816 bits per heavy atom. The van der Waals surface area contributed by atoms with Gasteiger partial charge in [-0.1, -0.05) is 74.4 Å². The standard InChI is InChI=1S/C30H26NS2.C13H24O2.Ir/c1-17-10-18(2)12-20(11-17)28-29-22(8-9-31-28)24-15-26-23(14-27(24)33-29)21-7-6-19(13-25(21)32-26)16-30(3,4)5;1-5-10(6-2)12(14)9-13(15)11(7-3)8-4;/h6-11,13-15H,16H2,1-5H3;9-11,14H,5-8H2,1-4H3;/q-1;;/b;12-9-;. The summed E-state index contributed by atoms with van der Waals surface area (Å²) < 4.78 is 5.33. The van der Waals surface area contributed by atoms with Crippen LogP contribution in [0.4, 0.5) is 0 Å². The molecule has 49 heavy (non-hydrogen) atoms. The van der Waals surface area contributed by atoms with Crippen molar-refractivity contribution >= 4 is 68.8 Å². The molecule has 1 N–H and O–H groups in total. The molecule has 0 saturated carbocycles. The third-order valence-corrected chi connectivity index (χ3v) is 11.6. The van der Waals surface area contributed by atoms with Gasteiger partial charge in [-0.05, 0) is 72.7 Å². The maximum atomic E-state index is 11.7. The third kappa shape index (κ3) is 8.89. The monoisotopic (exact) mass is 869 g/mol. The normalized spacial score (nSPS) is 12.3. The zero-order valence-electron chi connectivity index (χ0n) is 30.4. The fourth-order valence-corrected chi connectivity index (χ4v) is 9.15. The first-order valence-electron chi connectivity index (χ1n) is 17.5. The summed E-state index contributed by atoms with van der Waals surface area (Å²) in [6, 6.07) is 21.9. The summed E-state index contributed by atoms with van der Waals surface area (Å²) in [6.07, 6.45) is 7.95. The van der Waals surface area contributed by atoms with Crippen molar-refractivity contribution in [1.29, 1.82) is 0 Å². The molecule has 6 aromatic rings. The SMILES string of the molecule is CCC(CC)C(=O)/C=C(\O)C(CC)CC.Cc1[c-]c(-c2nccc3c2sc2cc4c(cc23)sc2cc(CC(C)(C)C)ccc24)cc(C)c1.[Ir]. The predicted octanol–water partition coefficient (Wildman–Crippen LogP) is 13.4. The molecular formula is C43H50IrNO2S2-. The van der Waals surface area contributed by atoms with E-state index in [-0.39, 0.29) is 43.5 Å². The number of pyridine rings is 1. The molecule has 6 rings (SSSR count). The molecule has 3 aromatic heterocycles. The van der Waals surface area contributed by atoms with Gasteiger partial charge in [0.1, 0.15) is 0 Å². The fourth-order valence-electron chi connectivity index (χ4n) is 6.73. The van der Waals surface area contributed by atoms with Crippen LogP contribution < -0.4 is 0 Å². The molecule has 0 aliphatic rings. The van der Waals surface area contributed by atoms with E-state index in [0.29, 0.717) is 5.41 Å². The molecule has 0 amide bonds. The average Bonchev–Trinajstić information content (AvgIpc) is 3.56. The maximum Gasteiger partial charge on any atom is 0.162 e. The zero-order valence-corrected chi connectivity index (χ0v) is 34.4. The Balaban J connectivity index is 0.000000290. The van der Waals surface area contributed by atoms with Crippen LogP contribution in [0.2, 0.25) is 0 Å². The van der Waals surface area contributed by atoms with Crippen LogP contribution in [0.25, 0.3) is 51.6 Å². The Morgan fingerprint density at radius 2 is 1.43 bits per heavy atom. The number of aromatic nitrogens is 1. The smallest absolute Gasteiger partial charge is 0.162 e. The van der Waals surface area contributed by atoms with Crippen LogP contribution in [0.15, 0.2) is 66.6 Å².